The predicted molar refractivity (Wildman–Crippen MR) is 78.0 cm³/mol. The van der Waals surface area contributed by atoms with Crippen molar-refractivity contribution in [3.8, 4) is 0 Å². The summed E-state index contributed by atoms with van der Waals surface area (Å²) in [6, 6.07) is 5.34. The van der Waals surface area contributed by atoms with Crippen molar-refractivity contribution in [2.75, 3.05) is 12.9 Å². The van der Waals surface area contributed by atoms with E-state index in [1.165, 1.54) is 7.11 Å². The van der Waals surface area contributed by atoms with Gasteiger partial charge in [-0.2, -0.15) is 0 Å². The molecule has 0 amide bonds. The van der Waals surface area contributed by atoms with Gasteiger partial charge in [0.05, 0.1) is 7.11 Å². The highest BCUT2D eigenvalue weighted by atomic mass is 35.5. The highest BCUT2D eigenvalue weighted by Gasteiger charge is 2.13. The number of Topliss-reactive ketones (excluding diaryl/α,β-unsaturated/α-hetero) is 1. The van der Waals surface area contributed by atoms with E-state index in [2.05, 4.69) is 4.74 Å². The normalized spacial score (nSPS) is 10.3. The molecule has 0 atom stereocenters. The standard InChI is InChI=1S/C14H17ClO3S/c1-3-19-13-8-7-10(15)9-11(13)12(16)5-4-6-14(17)18-2/h7-9H,3-6H2,1-2H3. The van der Waals surface area contributed by atoms with Crippen LogP contribution >= 0.6 is 23.4 Å². The molecule has 19 heavy (non-hydrogen) atoms. The average Bonchev–Trinajstić information content (AvgIpc) is 2.40. The first-order valence-electron chi connectivity index (χ1n) is 6.10. The molecule has 0 fully saturated rings. The summed E-state index contributed by atoms with van der Waals surface area (Å²) in [6.45, 7) is 2.03. The zero-order valence-corrected chi connectivity index (χ0v) is 12.6. The van der Waals surface area contributed by atoms with Crippen LogP contribution < -0.4 is 0 Å². The number of rotatable bonds is 7. The van der Waals surface area contributed by atoms with E-state index in [0.717, 1.165) is 10.6 Å². The Labute approximate surface area is 122 Å². The van der Waals surface area contributed by atoms with Crippen molar-refractivity contribution in [1.29, 1.82) is 0 Å². The molecule has 0 unspecified atom stereocenters. The minimum atomic E-state index is -0.290. The molecule has 1 aromatic carbocycles. The number of carbonyl (C=O) groups is 2. The minimum Gasteiger partial charge on any atom is -0.469 e. The van der Waals surface area contributed by atoms with Crippen LogP contribution in [0.4, 0.5) is 0 Å². The van der Waals surface area contributed by atoms with Crippen molar-refractivity contribution in [1.82, 2.24) is 0 Å². The maximum absolute atomic E-state index is 12.1. The van der Waals surface area contributed by atoms with Gasteiger partial charge < -0.3 is 4.74 Å². The summed E-state index contributed by atoms with van der Waals surface area (Å²) in [5, 5.41) is 0.553. The predicted octanol–water partition coefficient (Wildman–Crippen LogP) is 3.98. The molecule has 1 aromatic rings. The Bertz CT molecular complexity index is 460. The first-order valence-corrected chi connectivity index (χ1v) is 7.47. The molecule has 0 saturated heterocycles. The molecule has 3 nitrogen and oxygen atoms in total. The van der Waals surface area contributed by atoms with E-state index in [9.17, 15) is 9.59 Å². The monoisotopic (exact) mass is 300 g/mol. The summed E-state index contributed by atoms with van der Waals surface area (Å²) in [7, 11) is 1.34. The van der Waals surface area contributed by atoms with Crippen LogP contribution in [0, 0.1) is 0 Å². The number of methoxy groups -OCH3 is 1. The maximum Gasteiger partial charge on any atom is 0.305 e. The number of hydrogen-bond acceptors (Lipinski definition) is 4. The molecule has 0 aliphatic heterocycles. The number of hydrogen-bond donors (Lipinski definition) is 0. The van der Waals surface area contributed by atoms with Crippen LogP contribution in [-0.2, 0) is 9.53 Å². The van der Waals surface area contributed by atoms with E-state index in [1.807, 2.05) is 13.0 Å². The third-order valence-corrected chi connectivity index (χ3v) is 3.75. The van der Waals surface area contributed by atoms with Crippen LogP contribution in [0.25, 0.3) is 0 Å². The fourth-order valence-electron chi connectivity index (χ4n) is 1.63. The van der Waals surface area contributed by atoms with Gasteiger partial charge in [-0.15, -0.1) is 11.8 Å². The van der Waals surface area contributed by atoms with Gasteiger partial charge in [-0.3, -0.25) is 9.59 Å². The highest BCUT2D eigenvalue weighted by molar-refractivity contribution is 7.99. The first-order chi connectivity index (χ1) is 9.08. The summed E-state index contributed by atoms with van der Waals surface area (Å²) in [5.74, 6) is 0.619. The van der Waals surface area contributed by atoms with Crippen molar-refractivity contribution >= 4 is 35.1 Å². The Balaban J connectivity index is 2.69. The second-order valence-corrected chi connectivity index (χ2v) is 5.67. The van der Waals surface area contributed by atoms with E-state index in [0.29, 0.717) is 23.4 Å². The smallest absolute Gasteiger partial charge is 0.305 e. The summed E-state index contributed by atoms with van der Waals surface area (Å²) < 4.78 is 4.54. The molecule has 0 heterocycles. The van der Waals surface area contributed by atoms with E-state index in [-0.39, 0.29) is 18.2 Å². The molecular weight excluding hydrogens is 284 g/mol. The van der Waals surface area contributed by atoms with Gasteiger partial charge in [0.15, 0.2) is 5.78 Å². The maximum atomic E-state index is 12.1. The van der Waals surface area contributed by atoms with Crippen LogP contribution in [0.5, 0.6) is 0 Å². The molecule has 0 bridgehead atoms. The Hall–Kier alpha value is -1.00. The fourth-order valence-corrected chi connectivity index (χ4v) is 2.61. The summed E-state index contributed by atoms with van der Waals surface area (Å²) in [6.07, 6.45) is 1.08. The van der Waals surface area contributed by atoms with Crippen molar-refractivity contribution in [3.63, 3.8) is 0 Å². The van der Waals surface area contributed by atoms with Gasteiger partial charge in [-0.05, 0) is 30.4 Å². The third-order valence-electron chi connectivity index (χ3n) is 2.55. The molecule has 0 aromatic heterocycles. The van der Waals surface area contributed by atoms with E-state index < -0.39 is 0 Å². The molecule has 0 N–H and O–H groups in total. The SMILES string of the molecule is CCSc1ccc(Cl)cc1C(=O)CCCC(=O)OC. The van der Waals surface area contributed by atoms with Gasteiger partial charge in [0, 0.05) is 28.3 Å². The number of ketones is 1. The first kappa shape index (κ1) is 16.1. The van der Waals surface area contributed by atoms with Crippen molar-refractivity contribution in [2.45, 2.75) is 31.1 Å². The molecule has 5 heteroatoms. The van der Waals surface area contributed by atoms with Crippen LogP contribution in [-0.4, -0.2) is 24.6 Å². The zero-order chi connectivity index (χ0) is 14.3. The highest BCUT2D eigenvalue weighted by Crippen LogP contribution is 2.27. The van der Waals surface area contributed by atoms with Gasteiger partial charge >= 0.3 is 5.97 Å². The number of carbonyl (C=O) groups excluding carboxylic acids is 2. The number of ether oxygens (including phenoxy) is 1. The molecule has 104 valence electrons. The van der Waals surface area contributed by atoms with Gasteiger partial charge in [0.25, 0.3) is 0 Å². The summed E-state index contributed by atoms with van der Waals surface area (Å²) in [4.78, 5) is 24.1. The lowest BCUT2D eigenvalue weighted by atomic mass is 10.1. The molecule has 1 rings (SSSR count). The summed E-state index contributed by atoms with van der Waals surface area (Å²) >= 11 is 7.54. The second-order valence-electron chi connectivity index (χ2n) is 3.93. The quantitative estimate of drug-likeness (QED) is 0.434. The molecular formula is C14H17ClO3S. The molecule has 0 saturated carbocycles. The topological polar surface area (TPSA) is 43.4 Å². The molecule has 0 radical (unpaired) electrons. The number of esters is 1. The lowest BCUT2D eigenvalue weighted by Crippen LogP contribution is -2.05. The fraction of sp³-hybridized carbons (Fsp3) is 0.429. The van der Waals surface area contributed by atoms with Crippen molar-refractivity contribution < 1.29 is 14.3 Å². The zero-order valence-electron chi connectivity index (χ0n) is 11.1. The van der Waals surface area contributed by atoms with Crippen LogP contribution in [0.3, 0.4) is 0 Å². The third kappa shape index (κ3) is 5.25. The van der Waals surface area contributed by atoms with Gasteiger partial charge in [-0.1, -0.05) is 18.5 Å². The number of halogens is 1. The number of benzene rings is 1. The van der Waals surface area contributed by atoms with Crippen molar-refractivity contribution in [3.05, 3.63) is 28.8 Å². The molecule has 0 aliphatic carbocycles. The average molecular weight is 301 g/mol. The number of thioether (sulfide) groups is 1. The summed E-state index contributed by atoms with van der Waals surface area (Å²) in [5.41, 5.74) is 0.643. The Kier molecular flexibility index (Phi) is 6.95. The van der Waals surface area contributed by atoms with E-state index >= 15 is 0 Å². The van der Waals surface area contributed by atoms with Crippen molar-refractivity contribution in [2.24, 2.45) is 0 Å². The van der Waals surface area contributed by atoms with E-state index in [1.54, 1.807) is 23.9 Å². The Morgan fingerprint density at radius 2 is 2.05 bits per heavy atom. The van der Waals surface area contributed by atoms with E-state index in [4.69, 9.17) is 11.6 Å². The van der Waals surface area contributed by atoms with Crippen LogP contribution in [0.1, 0.15) is 36.5 Å². The molecule has 0 spiro atoms. The molecule has 0 aliphatic rings. The van der Waals surface area contributed by atoms with Crippen LogP contribution in [0.2, 0.25) is 5.02 Å². The Morgan fingerprint density at radius 3 is 2.68 bits per heavy atom. The van der Waals surface area contributed by atoms with Gasteiger partial charge in [-0.25, -0.2) is 0 Å². The lowest BCUT2D eigenvalue weighted by molar-refractivity contribution is -0.140. The van der Waals surface area contributed by atoms with Crippen LogP contribution in [0.15, 0.2) is 23.1 Å². The Morgan fingerprint density at radius 1 is 1.32 bits per heavy atom. The van der Waals surface area contributed by atoms with Gasteiger partial charge in [0.1, 0.15) is 0 Å². The minimum absolute atomic E-state index is 0.0161. The lowest BCUT2D eigenvalue weighted by Gasteiger charge is -2.08. The second kappa shape index (κ2) is 8.23. The largest absolute Gasteiger partial charge is 0.469 e. The van der Waals surface area contributed by atoms with Gasteiger partial charge in [0.2, 0.25) is 0 Å².